The maximum absolute atomic E-state index is 13.3. The molecule has 1 aromatic rings. The second kappa shape index (κ2) is 14.8. The van der Waals surface area contributed by atoms with Crippen molar-refractivity contribution in [2.75, 3.05) is 54.1 Å². The van der Waals surface area contributed by atoms with E-state index in [9.17, 15) is 9.59 Å². The number of hydrogen-bond donors (Lipinski definition) is 1. The zero-order valence-electron chi connectivity index (χ0n) is 26.8. The molecule has 3 rings (SSSR count). The minimum atomic E-state index is -0.519. The van der Waals surface area contributed by atoms with E-state index in [1.54, 1.807) is 19.1 Å². The summed E-state index contributed by atoms with van der Waals surface area (Å²) in [6, 6.07) is 0. The van der Waals surface area contributed by atoms with Gasteiger partial charge in [-0.1, -0.05) is 13.8 Å². The van der Waals surface area contributed by atoms with Gasteiger partial charge in [0, 0.05) is 77.1 Å². The van der Waals surface area contributed by atoms with Gasteiger partial charge in [0.2, 0.25) is 5.91 Å². The van der Waals surface area contributed by atoms with Crippen LogP contribution in [0.15, 0.2) is 6.20 Å². The lowest BCUT2D eigenvalue weighted by Crippen LogP contribution is -2.43. The third-order valence-corrected chi connectivity index (χ3v) is 8.38. The van der Waals surface area contributed by atoms with Crippen LogP contribution in [-0.2, 0) is 25.5 Å². The Kier molecular flexibility index (Phi) is 12.1. The molecular formula is C31H55N5O5. The predicted molar refractivity (Wildman–Crippen MR) is 160 cm³/mol. The number of nitrogens with one attached hydrogen (secondary N) is 1. The molecular weight excluding hydrogens is 522 g/mol. The normalized spacial score (nSPS) is 22.9. The van der Waals surface area contributed by atoms with Crippen LogP contribution in [0.4, 0.5) is 4.79 Å². The lowest BCUT2D eigenvalue weighted by atomic mass is 9.64. The molecule has 0 bridgehead atoms. The van der Waals surface area contributed by atoms with E-state index in [0.717, 1.165) is 57.2 Å². The van der Waals surface area contributed by atoms with Crippen LogP contribution in [0.2, 0.25) is 0 Å². The van der Waals surface area contributed by atoms with Crippen molar-refractivity contribution in [2.45, 2.75) is 104 Å². The highest BCUT2D eigenvalue weighted by Gasteiger charge is 2.42. The van der Waals surface area contributed by atoms with Crippen molar-refractivity contribution in [1.29, 1.82) is 0 Å². The first-order valence-corrected chi connectivity index (χ1v) is 15.4. The van der Waals surface area contributed by atoms with Crippen LogP contribution in [0.1, 0.15) is 103 Å². The number of nitrogens with zero attached hydrogens (tertiary/aromatic N) is 4. The summed E-state index contributed by atoms with van der Waals surface area (Å²) in [5.41, 5.74) is 1.67. The van der Waals surface area contributed by atoms with E-state index in [-0.39, 0.29) is 35.5 Å². The Bertz CT molecular complexity index is 982. The fraction of sp³-hybridized carbons (Fsp3) is 0.839. The minimum absolute atomic E-state index is 0.0419. The monoisotopic (exact) mass is 577 g/mol. The van der Waals surface area contributed by atoms with Crippen molar-refractivity contribution in [3.63, 3.8) is 0 Å². The van der Waals surface area contributed by atoms with Crippen LogP contribution < -0.4 is 5.32 Å². The van der Waals surface area contributed by atoms with E-state index in [1.807, 2.05) is 25.5 Å². The average Bonchev–Trinajstić information content (AvgIpc) is 3.32. The first kappa shape index (κ1) is 33.3. The third kappa shape index (κ3) is 9.96. The Morgan fingerprint density at radius 1 is 1.20 bits per heavy atom. The maximum atomic E-state index is 13.3. The van der Waals surface area contributed by atoms with Crippen molar-refractivity contribution >= 4 is 12.0 Å². The maximum Gasteiger partial charge on any atom is 0.410 e. The Labute approximate surface area is 247 Å². The number of aromatic nitrogens is 2. The van der Waals surface area contributed by atoms with Crippen molar-refractivity contribution in [1.82, 2.24) is 24.9 Å². The molecule has 1 N–H and O–H groups in total. The molecule has 3 atom stereocenters. The minimum Gasteiger partial charge on any atom is -0.444 e. The molecule has 2 heterocycles. The van der Waals surface area contributed by atoms with Crippen LogP contribution >= 0.6 is 0 Å². The van der Waals surface area contributed by atoms with Crippen LogP contribution in [0.5, 0.6) is 0 Å². The van der Waals surface area contributed by atoms with Gasteiger partial charge < -0.3 is 29.3 Å². The summed E-state index contributed by atoms with van der Waals surface area (Å²) >= 11 is 0. The molecule has 2 aliphatic rings. The molecule has 1 aliphatic carbocycles. The third-order valence-electron chi connectivity index (χ3n) is 8.38. The molecule has 10 heteroatoms. The van der Waals surface area contributed by atoms with Gasteiger partial charge in [0.05, 0.1) is 5.69 Å². The van der Waals surface area contributed by atoms with Crippen LogP contribution in [0.25, 0.3) is 0 Å². The summed E-state index contributed by atoms with van der Waals surface area (Å²) in [5.74, 6) is 0.262. The Morgan fingerprint density at radius 2 is 1.95 bits per heavy atom. The van der Waals surface area contributed by atoms with Gasteiger partial charge in [-0.3, -0.25) is 4.79 Å². The van der Waals surface area contributed by atoms with E-state index in [1.165, 1.54) is 5.56 Å². The molecule has 2 amide bonds. The zero-order chi connectivity index (χ0) is 30.2. The molecule has 1 saturated heterocycles. The van der Waals surface area contributed by atoms with E-state index >= 15 is 0 Å². The number of carbonyl (C=O) groups excluding carboxylic acids is 2. The second-order valence-electron chi connectivity index (χ2n) is 13.6. The smallest absolute Gasteiger partial charge is 0.410 e. The Morgan fingerprint density at radius 3 is 2.61 bits per heavy atom. The van der Waals surface area contributed by atoms with Crippen molar-refractivity contribution < 1.29 is 23.8 Å². The van der Waals surface area contributed by atoms with E-state index in [4.69, 9.17) is 19.3 Å². The summed E-state index contributed by atoms with van der Waals surface area (Å²) < 4.78 is 18.7. The van der Waals surface area contributed by atoms with Gasteiger partial charge in [0.1, 0.15) is 11.8 Å². The van der Waals surface area contributed by atoms with Crippen molar-refractivity contribution in [3.05, 3.63) is 17.5 Å². The van der Waals surface area contributed by atoms with Gasteiger partial charge in [-0.15, -0.1) is 0 Å². The highest BCUT2D eigenvalue weighted by molar-refractivity contribution is 5.79. The molecule has 2 unspecified atom stereocenters. The largest absolute Gasteiger partial charge is 0.444 e. The zero-order valence-corrected chi connectivity index (χ0v) is 26.8. The molecule has 0 aromatic carbocycles. The number of methoxy groups -OCH3 is 1. The Balaban J connectivity index is 1.74. The van der Waals surface area contributed by atoms with Crippen LogP contribution in [-0.4, -0.2) is 91.2 Å². The van der Waals surface area contributed by atoms with Crippen molar-refractivity contribution in [3.8, 4) is 0 Å². The highest BCUT2D eigenvalue weighted by atomic mass is 16.6. The van der Waals surface area contributed by atoms with E-state index in [2.05, 4.69) is 37.3 Å². The fourth-order valence-electron chi connectivity index (χ4n) is 5.81. The average molecular weight is 578 g/mol. The standard InChI is InChI=1S/C31H55N5O5/c1-30(2,3)41-29(38)35(7)17-16-34(6)21-24-22-36(26-12-9-10-19-40-26)33-27(24)23-13-14-31(4,5)25(20-23)28(37)32-15-11-18-39-8/h22-23,25-26H,9-21H2,1-8H3,(H,32,37)/t23?,25-,26?/m1/s1. The first-order chi connectivity index (χ1) is 19.3. The van der Waals surface area contributed by atoms with Gasteiger partial charge in [-0.25, -0.2) is 9.48 Å². The van der Waals surface area contributed by atoms with Gasteiger partial charge in [-0.05, 0) is 78.2 Å². The van der Waals surface area contributed by atoms with Gasteiger partial charge >= 0.3 is 6.09 Å². The molecule has 0 radical (unpaired) electrons. The number of ether oxygens (including phenoxy) is 3. The highest BCUT2D eigenvalue weighted by Crippen LogP contribution is 2.47. The van der Waals surface area contributed by atoms with Gasteiger partial charge in [0.25, 0.3) is 0 Å². The fourth-order valence-corrected chi connectivity index (χ4v) is 5.81. The SMILES string of the molecule is COCCCNC(=O)[C@H]1CC(c2nn(C3CCCCO3)cc2CN(C)CCN(C)C(=O)OC(C)(C)C)CCC1(C)C. The Hall–Kier alpha value is -2.17. The molecule has 10 nitrogen and oxygen atoms in total. The van der Waals surface area contributed by atoms with Crippen LogP contribution in [0, 0.1) is 11.3 Å². The number of likely N-dealkylation sites (N-methyl/N-ethyl adjacent to an activating group) is 2. The molecule has 41 heavy (non-hydrogen) atoms. The molecule has 1 aromatic heterocycles. The van der Waals surface area contributed by atoms with E-state index in [0.29, 0.717) is 32.8 Å². The quantitative estimate of drug-likeness (QED) is 0.351. The number of carbonyl (C=O) groups is 2. The van der Waals surface area contributed by atoms with Gasteiger partial charge in [0.15, 0.2) is 0 Å². The van der Waals surface area contributed by atoms with Crippen LogP contribution in [0.3, 0.4) is 0 Å². The topological polar surface area (TPSA) is 98.2 Å². The number of amides is 2. The van der Waals surface area contributed by atoms with E-state index < -0.39 is 5.60 Å². The van der Waals surface area contributed by atoms with Gasteiger partial charge in [-0.2, -0.15) is 5.10 Å². The number of rotatable bonds is 12. The molecule has 0 spiro atoms. The second-order valence-corrected chi connectivity index (χ2v) is 13.6. The summed E-state index contributed by atoms with van der Waals surface area (Å²) in [4.78, 5) is 29.6. The van der Waals surface area contributed by atoms with Crippen molar-refractivity contribution in [2.24, 2.45) is 11.3 Å². The summed E-state index contributed by atoms with van der Waals surface area (Å²) in [7, 11) is 5.53. The lowest BCUT2D eigenvalue weighted by molar-refractivity contribution is -0.130. The molecule has 2 fully saturated rings. The molecule has 1 saturated carbocycles. The summed E-state index contributed by atoms with van der Waals surface area (Å²) in [6.45, 7) is 14.1. The number of hydrogen-bond acceptors (Lipinski definition) is 7. The predicted octanol–water partition coefficient (Wildman–Crippen LogP) is 4.94. The lowest BCUT2D eigenvalue weighted by Gasteiger charge is -2.41. The summed E-state index contributed by atoms with van der Waals surface area (Å²) in [5, 5.41) is 8.29. The summed E-state index contributed by atoms with van der Waals surface area (Å²) in [6.07, 6.45) is 8.54. The molecule has 234 valence electrons. The first-order valence-electron chi connectivity index (χ1n) is 15.4. The molecule has 1 aliphatic heterocycles.